The molecule has 1 saturated heterocycles. The number of nitrogens with one attached hydrogen (secondary N) is 2. The molecule has 22 heavy (non-hydrogen) atoms. The molecule has 0 unspecified atom stereocenters. The molecule has 8 nitrogen and oxygen atoms in total. The molecule has 3 N–H and O–H groups in total. The van der Waals surface area contributed by atoms with Gasteiger partial charge >= 0.3 is 6.09 Å². The standard InChI is InChI=1S/C13H16N4O4S/c18-13(19)17-5-3-11(4-6-17)22(20,21)16-10-1-2-12-9(7-10)8-14-15-12/h1-2,7-8,11,16H,3-6H2,(H,14,15)(H,18,19). The Morgan fingerprint density at radius 2 is 2.09 bits per heavy atom. The van der Waals surface area contributed by atoms with Gasteiger partial charge in [0.15, 0.2) is 0 Å². The maximum atomic E-state index is 12.4. The molecule has 0 saturated carbocycles. The second-order valence-corrected chi connectivity index (χ2v) is 7.25. The number of sulfonamides is 1. The highest BCUT2D eigenvalue weighted by Crippen LogP contribution is 2.23. The molecule has 1 aromatic heterocycles. The van der Waals surface area contributed by atoms with Crippen LogP contribution in [0.1, 0.15) is 12.8 Å². The van der Waals surface area contributed by atoms with E-state index in [1.807, 2.05) is 0 Å². The number of aromatic nitrogens is 2. The summed E-state index contributed by atoms with van der Waals surface area (Å²) in [5.41, 5.74) is 1.31. The van der Waals surface area contributed by atoms with Crippen molar-refractivity contribution in [2.75, 3.05) is 17.8 Å². The topological polar surface area (TPSA) is 115 Å². The lowest BCUT2D eigenvalue weighted by atomic mass is 10.1. The van der Waals surface area contributed by atoms with Crippen molar-refractivity contribution in [1.82, 2.24) is 15.1 Å². The lowest BCUT2D eigenvalue weighted by Crippen LogP contribution is -2.43. The van der Waals surface area contributed by atoms with Crippen LogP contribution in [0.4, 0.5) is 10.5 Å². The number of piperidine rings is 1. The van der Waals surface area contributed by atoms with E-state index in [9.17, 15) is 13.2 Å². The number of nitrogens with zero attached hydrogens (tertiary/aromatic N) is 2. The quantitative estimate of drug-likeness (QED) is 0.790. The summed E-state index contributed by atoms with van der Waals surface area (Å²) < 4.78 is 27.4. The van der Waals surface area contributed by atoms with Gasteiger partial charge in [0.05, 0.1) is 17.0 Å². The van der Waals surface area contributed by atoms with Gasteiger partial charge in [0.1, 0.15) is 0 Å². The van der Waals surface area contributed by atoms with Crippen molar-refractivity contribution in [2.45, 2.75) is 18.1 Å². The lowest BCUT2D eigenvalue weighted by Gasteiger charge is -2.29. The fourth-order valence-corrected chi connectivity index (χ4v) is 4.06. The zero-order valence-corrected chi connectivity index (χ0v) is 12.5. The van der Waals surface area contributed by atoms with E-state index >= 15 is 0 Å². The van der Waals surface area contributed by atoms with Gasteiger partial charge in [-0.1, -0.05) is 0 Å². The average Bonchev–Trinajstić information content (AvgIpc) is 2.94. The van der Waals surface area contributed by atoms with E-state index in [2.05, 4.69) is 14.9 Å². The fourth-order valence-electron chi connectivity index (χ4n) is 2.61. The van der Waals surface area contributed by atoms with Crippen molar-refractivity contribution in [3.8, 4) is 0 Å². The summed E-state index contributed by atoms with van der Waals surface area (Å²) in [6.07, 6.45) is 1.22. The molecule has 0 aliphatic carbocycles. The molecule has 0 bridgehead atoms. The van der Waals surface area contributed by atoms with Crippen LogP contribution in [-0.4, -0.2) is 53.1 Å². The predicted molar refractivity (Wildman–Crippen MR) is 81.3 cm³/mol. The Labute approximate surface area is 127 Å². The molecule has 2 aromatic rings. The van der Waals surface area contributed by atoms with Gasteiger partial charge in [-0.3, -0.25) is 9.82 Å². The van der Waals surface area contributed by atoms with Crippen LogP contribution in [0.15, 0.2) is 24.4 Å². The molecular formula is C13H16N4O4S. The molecule has 1 amide bonds. The SMILES string of the molecule is O=C(O)N1CCC(S(=O)(=O)Nc2ccc3[nH]ncc3c2)CC1. The summed E-state index contributed by atoms with van der Waals surface area (Å²) in [5.74, 6) is 0. The molecule has 0 radical (unpaired) electrons. The molecular weight excluding hydrogens is 308 g/mol. The minimum absolute atomic E-state index is 0.238. The van der Waals surface area contributed by atoms with Crippen LogP contribution in [0.2, 0.25) is 0 Å². The van der Waals surface area contributed by atoms with Crippen molar-refractivity contribution in [3.05, 3.63) is 24.4 Å². The van der Waals surface area contributed by atoms with E-state index in [1.54, 1.807) is 24.4 Å². The Morgan fingerprint density at radius 3 is 2.77 bits per heavy atom. The zero-order chi connectivity index (χ0) is 15.7. The molecule has 1 aromatic carbocycles. The van der Waals surface area contributed by atoms with E-state index in [-0.39, 0.29) is 13.1 Å². The molecule has 0 atom stereocenters. The Kier molecular flexibility index (Phi) is 3.65. The third-order valence-corrected chi connectivity index (χ3v) is 5.72. The number of anilines is 1. The van der Waals surface area contributed by atoms with E-state index < -0.39 is 21.4 Å². The molecule has 0 spiro atoms. The number of carbonyl (C=O) groups is 1. The minimum Gasteiger partial charge on any atom is -0.465 e. The van der Waals surface area contributed by atoms with Crippen molar-refractivity contribution in [2.24, 2.45) is 0 Å². The second-order valence-electron chi connectivity index (χ2n) is 5.29. The first-order valence-electron chi connectivity index (χ1n) is 6.88. The summed E-state index contributed by atoms with van der Waals surface area (Å²) >= 11 is 0. The van der Waals surface area contributed by atoms with Crippen molar-refractivity contribution < 1.29 is 18.3 Å². The molecule has 1 aliphatic heterocycles. The third kappa shape index (κ3) is 2.84. The van der Waals surface area contributed by atoms with Crippen LogP contribution in [-0.2, 0) is 10.0 Å². The Balaban J connectivity index is 1.72. The summed E-state index contributed by atoms with van der Waals surface area (Å²) in [7, 11) is -3.54. The first kappa shape index (κ1) is 14.6. The number of hydrogen-bond acceptors (Lipinski definition) is 4. The molecule has 1 fully saturated rings. The van der Waals surface area contributed by atoms with Crippen LogP contribution in [0, 0.1) is 0 Å². The molecule has 2 heterocycles. The number of aromatic amines is 1. The number of rotatable bonds is 3. The number of amides is 1. The van der Waals surface area contributed by atoms with Gasteiger partial charge in [0.2, 0.25) is 10.0 Å². The zero-order valence-electron chi connectivity index (χ0n) is 11.7. The Hall–Kier alpha value is -2.29. The Morgan fingerprint density at radius 1 is 1.36 bits per heavy atom. The van der Waals surface area contributed by atoms with E-state index in [0.29, 0.717) is 18.5 Å². The summed E-state index contributed by atoms with van der Waals surface area (Å²) in [4.78, 5) is 12.1. The Bertz CT molecular complexity index is 793. The highest BCUT2D eigenvalue weighted by Gasteiger charge is 2.31. The van der Waals surface area contributed by atoms with Gasteiger partial charge in [0.25, 0.3) is 0 Å². The van der Waals surface area contributed by atoms with E-state index in [0.717, 1.165) is 10.9 Å². The van der Waals surface area contributed by atoms with E-state index in [1.165, 1.54) is 4.90 Å². The predicted octanol–water partition coefficient (Wildman–Crippen LogP) is 1.45. The number of benzene rings is 1. The second kappa shape index (κ2) is 5.48. The maximum absolute atomic E-state index is 12.4. The van der Waals surface area contributed by atoms with Crippen LogP contribution in [0.3, 0.4) is 0 Å². The van der Waals surface area contributed by atoms with Crippen LogP contribution in [0.5, 0.6) is 0 Å². The summed E-state index contributed by atoms with van der Waals surface area (Å²) in [6.45, 7) is 0.476. The molecule has 9 heteroatoms. The van der Waals surface area contributed by atoms with Crippen molar-refractivity contribution in [1.29, 1.82) is 0 Å². The van der Waals surface area contributed by atoms with Gasteiger partial charge in [-0.25, -0.2) is 13.2 Å². The minimum atomic E-state index is -3.54. The summed E-state index contributed by atoms with van der Waals surface area (Å²) in [5, 5.41) is 15.8. The van der Waals surface area contributed by atoms with Gasteiger partial charge in [-0.15, -0.1) is 0 Å². The average molecular weight is 324 g/mol. The van der Waals surface area contributed by atoms with Gasteiger partial charge in [-0.05, 0) is 31.0 Å². The summed E-state index contributed by atoms with van der Waals surface area (Å²) in [6, 6.07) is 5.14. The fraction of sp³-hybridized carbons (Fsp3) is 0.385. The van der Waals surface area contributed by atoms with Crippen LogP contribution >= 0.6 is 0 Å². The first-order chi connectivity index (χ1) is 10.5. The lowest BCUT2D eigenvalue weighted by molar-refractivity contribution is 0.136. The van der Waals surface area contributed by atoms with Crippen LogP contribution in [0.25, 0.3) is 10.9 Å². The van der Waals surface area contributed by atoms with Crippen molar-refractivity contribution in [3.63, 3.8) is 0 Å². The number of H-pyrrole nitrogens is 1. The first-order valence-corrected chi connectivity index (χ1v) is 8.43. The molecule has 3 rings (SSSR count). The third-order valence-electron chi connectivity index (χ3n) is 3.85. The number of carboxylic acid groups (broad SMARTS) is 1. The van der Waals surface area contributed by atoms with Crippen LogP contribution < -0.4 is 4.72 Å². The largest absolute Gasteiger partial charge is 0.465 e. The highest BCUT2D eigenvalue weighted by molar-refractivity contribution is 7.93. The molecule has 1 aliphatic rings. The number of hydrogen-bond donors (Lipinski definition) is 3. The van der Waals surface area contributed by atoms with E-state index in [4.69, 9.17) is 5.11 Å². The van der Waals surface area contributed by atoms with Gasteiger partial charge in [0, 0.05) is 24.2 Å². The number of fused-ring (bicyclic) bond motifs is 1. The highest BCUT2D eigenvalue weighted by atomic mass is 32.2. The monoisotopic (exact) mass is 324 g/mol. The maximum Gasteiger partial charge on any atom is 0.407 e. The number of likely N-dealkylation sites (tertiary alicyclic amines) is 1. The molecule has 118 valence electrons. The smallest absolute Gasteiger partial charge is 0.407 e. The van der Waals surface area contributed by atoms with Gasteiger partial charge < -0.3 is 10.0 Å². The normalized spacial score (nSPS) is 16.8. The van der Waals surface area contributed by atoms with Gasteiger partial charge in [-0.2, -0.15) is 5.10 Å². The van der Waals surface area contributed by atoms with Crippen molar-refractivity contribution >= 4 is 32.7 Å².